The molecule has 2 aromatic rings. The molecule has 0 aliphatic rings. The third-order valence-electron chi connectivity index (χ3n) is 2.74. The van der Waals surface area contributed by atoms with Gasteiger partial charge in [0.1, 0.15) is 0 Å². The van der Waals surface area contributed by atoms with Crippen molar-refractivity contribution >= 4 is 11.3 Å². The molecule has 2 heterocycles. The largest absolute Gasteiger partial charge is 0.330 e. The summed E-state index contributed by atoms with van der Waals surface area (Å²) in [6.45, 7) is 5.00. The molecule has 0 saturated carbocycles. The fraction of sp³-hybridized carbons (Fsp3) is 0.417. The van der Waals surface area contributed by atoms with E-state index in [9.17, 15) is 0 Å². The van der Waals surface area contributed by atoms with Crippen LogP contribution in [-0.2, 0) is 6.42 Å². The maximum atomic E-state index is 5.59. The zero-order chi connectivity index (χ0) is 11.5. The molecule has 0 bridgehead atoms. The number of rotatable bonds is 4. The number of nitrogens with two attached hydrogens (primary N) is 1. The number of hydrogen-bond donors (Lipinski definition) is 1. The summed E-state index contributed by atoms with van der Waals surface area (Å²) >= 11 is 1.84. The summed E-state index contributed by atoms with van der Waals surface area (Å²) in [5.74, 6) is 0. The van der Waals surface area contributed by atoms with E-state index in [4.69, 9.17) is 5.73 Å². The van der Waals surface area contributed by atoms with Gasteiger partial charge >= 0.3 is 0 Å². The molecule has 1 unspecified atom stereocenters. The second-order valence-electron chi connectivity index (χ2n) is 3.96. The molecule has 2 rings (SSSR count). The minimum absolute atomic E-state index is 0.350. The molecule has 2 aromatic heterocycles. The predicted molar refractivity (Wildman–Crippen MR) is 67.9 cm³/mol. The third-order valence-corrected chi connectivity index (χ3v) is 3.91. The molecule has 3 nitrogen and oxygen atoms in total. The van der Waals surface area contributed by atoms with E-state index in [1.54, 1.807) is 0 Å². The van der Waals surface area contributed by atoms with Crippen LogP contribution in [0.5, 0.6) is 0 Å². The molecule has 0 aliphatic carbocycles. The molecule has 0 saturated heterocycles. The number of aryl methyl sites for hydroxylation is 1. The summed E-state index contributed by atoms with van der Waals surface area (Å²) in [5.41, 5.74) is 6.80. The summed E-state index contributed by atoms with van der Waals surface area (Å²) in [6, 6.07) is 4.70. The Bertz CT molecular complexity index is 458. The highest BCUT2D eigenvalue weighted by atomic mass is 32.1. The second kappa shape index (κ2) is 4.80. The third kappa shape index (κ3) is 2.18. The molecule has 86 valence electrons. The number of nitrogens with zero attached hydrogens (tertiary/aromatic N) is 2. The van der Waals surface area contributed by atoms with Crippen LogP contribution in [-0.4, -0.2) is 16.1 Å². The maximum absolute atomic E-state index is 5.59. The fourth-order valence-corrected chi connectivity index (χ4v) is 2.77. The monoisotopic (exact) mass is 235 g/mol. The maximum Gasteiger partial charge on any atom is 0.0954 e. The Hall–Kier alpha value is -1.13. The normalized spacial score (nSPS) is 12.9. The Kier molecular flexibility index (Phi) is 3.41. The lowest BCUT2D eigenvalue weighted by atomic mass is 10.2. The molecule has 1 atom stereocenters. The first kappa shape index (κ1) is 11.4. The van der Waals surface area contributed by atoms with Crippen molar-refractivity contribution in [2.75, 3.05) is 6.54 Å². The zero-order valence-electron chi connectivity index (χ0n) is 9.68. The van der Waals surface area contributed by atoms with Crippen LogP contribution in [0.1, 0.15) is 28.4 Å². The van der Waals surface area contributed by atoms with Gasteiger partial charge in [-0.1, -0.05) is 0 Å². The fourth-order valence-electron chi connectivity index (χ4n) is 1.84. The van der Waals surface area contributed by atoms with Crippen LogP contribution in [0.3, 0.4) is 0 Å². The van der Waals surface area contributed by atoms with Crippen molar-refractivity contribution in [3.8, 4) is 0 Å². The SMILES string of the molecule is Cc1ccc(C(C)n2cncc2CCN)s1. The van der Waals surface area contributed by atoms with Crippen LogP contribution in [0.2, 0.25) is 0 Å². The van der Waals surface area contributed by atoms with E-state index >= 15 is 0 Å². The first-order valence-electron chi connectivity index (χ1n) is 5.49. The summed E-state index contributed by atoms with van der Waals surface area (Å²) in [6.07, 6.45) is 4.68. The smallest absolute Gasteiger partial charge is 0.0954 e. The van der Waals surface area contributed by atoms with Crippen LogP contribution in [0.4, 0.5) is 0 Å². The Morgan fingerprint density at radius 1 is 1.50 bits per heavy atom. The molecular weight excluding hydrogens is 218 g/mol. The van der Waals surface area contributed by atoms with E-state index in [1.807, 2.05) is 23.9 Å². The van der Waals surface area contributed by atoms with E-state index in [-0.39, 0.29) is 0 Å². The van der Waals surface area contributed by atoms with Crippen LogP contribution in [0.15, 0.2) is 24.7 Å². The van der Waals surface area contributed by atoms with Crippen LogP contribution in [0.25, 0.3) is 0 Å². The standard InChI is InChI=1S/C12H17N3S/c1-9-3-4-12(16-9)10(2)15-8-14-7-11(15)5-6-13/h3-4,7-8,10H,5-6,13H2,1-2H3. The van der Waals surface area contributed by atoms with Crippen molar-refractivity contribution in [1.82, 2.24) is 9.55 Å². The zero-order valence-corrected chi connectivity index (χ0v) is 10.5. The Morgan fingerprint density at radius 2 is 2.31 bits per heavy atom. The van der Waals surface area contributed by atoms with Gasteiger partial charge in [-0.15, -0.1) is 11.3 Å². The lowest BCUT2D eigenvalue weighted by Gasteiger charge is -2.14. The van der Waals surface area contributed by atoms with Gasteiger partial charge in [0.15, 0.2) is 0 Å². The van der Waals surface area contributed by atoms with Crippen LogP contribution in [0, 0.1) is 6.92 Å². The van der Waals surface area contributed by atoms with Gasteiger partial charge in [-0.3, -0.25) is 0 Å². The van der Waals surface area contributed by atoms with E-state index in [0.717, 1.165) is 6.42 Å². The Morgan fingerprint density at radius 3 is 2.94 bits per heavy atom. The molecule has 0 spiro atoms. The molecule has 0 aromatic carbocycles. The highest BCUT2D eigenvalue weighted by Gasteiger charge is 2.12. The number of hydrogen-bond acceptors (Lipinski definition) is 3. The molecule has 16 heavy (non-hydrogen) atoms. The lowest BCUT2D eigenvalue weighted by Crippen LogP contribution is -2.11. The molecule has 4 heteroatoms. The summed E-state index contributed by atoms with van der Waals surface area (Å²) in [4.78, 5) is 6.92. The van der Waals surface area contributed by atoms with E-state index in [1.165, 1.54) is 15.4 Å². The van der Waals surface area contributed by atoms with Gasteiger partial charge in [-0.2, -0.15) is 0 Å². The number of aromatic nitrogens is 2. The minimum atomic E-state index is 0.350. The summed E-state index contributed by atoms with van der Waals surface area (Å²) < 4.78 is 2.21. The van der Waals surface area contributed by atoms with Gasteiger partial charge in [-0.05, 0) is 32.5 Å². The van der Waals surface area contributed by atoms with E-state index in [0.29, 0.717) is 12.6 Å². The quantitative estimate of drug-likeness (QED) is 0.884. The van der Waals surface area contributed by atoms with Crippen molar-refractivity contribution < 1.29 is 0 Å². The average Bonchev–Trinajstić information content (AvgIpc) is 2.87. The number of thiophene rings is 1. The topological polar surface area (TPSA) is 43.8 Å². The van der Waals surface area contributed by atoms with Gasteiger partial charge in [0.05, 0.1) is 12.4 Å². The van der Waals surface area contributed by atoms with Crippen molar-refractivity contribution in [3.63, 3.8) is 0 Å². The van der Waals surface area contributed by atoms with Gasteiger partial charge < -0.3 is 10.3 Å². The average molecular weight is 235 g/mol. The van der Waals surface area contributed by atoms with Crippen molar-refractivity contribution in [2.24, 2.45) is 5.73 Å². The second-order valence-corrected chi connectivity index (χ2v) is 5.27. The number of imidazole rings is 1. The first-order chi connectivity index (χ1) is 7.72. The highest BCUT2D eigenvalue weighted by Crippen LogP contribution is 2.26. The lowest BCUT2D eigenvalue weighted by molar-refractivity contribution is 0.616. The summed E-state index contributed by atoms with van der Waals surface area (Å²) in [7, 11) is 0. The van der Waals surface area contributed by atoms with E-state index < -0.39 is 0 Å². The first-order valence-corrected chi connectivity index (χ1v) is 6.31. The summed E-state index contributed by atoms with van der Waals surface area (Å²) in [5, 5.41) is 0. The van der Waals surface area contributed by atoms with Gasteiger partial charge in [0.2, 0.25) is 0 Å². The highest BCUT2D eigenvalue weighted by molar-refractivity contribution is 7.12. The molecule has 0 fully saturated rings. The van der Waals surface area contributed by atoms with Gasteiger partial charge in [-0.25, -0.2) is 4.98 Å². The van der Waals surface area contributed by atoms with Crippen LogP contribution < -0.4 is 5.73 Å². The Labute approximate surface area is 99.9 Å². The van der Waals surface area contributed by atoms with E-state index in [2.05, 4.69) is 35.5 Å². The minimum Gasteiger partial charge on any atom is -0.330 e. The molecule has 0 aliphatic heterocycles. The Balaban J connectivity index is 2.26. The molecular formula is C12H17N3S. The van der Waals surface area contributed by atoms with Gasteiger partial charge in [0.25, 0.3) is 0 Å². The van der Waals surface area contributed by atoms with Crippen molar-refractivity contribution in [2.45, 2.75) is 26.3 Å². The predicted octanol–water partition coefficient (Wildman–Crippen LogP) is 2.36. The van der Waals surface area contributed by atoms with Crippen molar-refractivity contribution in [1.29, 1.82) is 0 Å². The van der Waals surface area contributed by atoms with Crippen molar-refractivity contribution in [3.05, 3.63) is 40.1 Å². The van der Waals surface area contributed by atoms with Crippen LogP contribution >= 0.6 is 11.3 Å². The molecule has 0 radical (unpaired) electrons. The molecule has 2 N–H and O–H groups in total. The van der Waals surface area contributed by atoms with Gasteiger partial charge in [0, 0.05) is 28.1 Å². The molecule has 0 amide bonds.